The van der Waals surface area contributed by atoms with Crippen LogP contribution in [0.15, 0.2) is 9.80 Å². The molecule has 0 unspecified atom stereocenters. The van der Waals surface area contributed by atoms with Gasteiger partial charge in [-0.15, -0.1) is 16.4 Å². The molecule has 0 amide bonds. The van der Waals surface area contributed by atoms with Crippen molar-refractivity contribution in [1.82, 2.24) is 14.8 Å². The van der Waals surface area contributed by atoms with E-state index in [9.17, 15) is 0 Å². The molecule has 1 fully saturated rings. The number of hydrogen-bond acceptors (Lipinski definition) is 6. The van der Waals surface area contributed by atoms with E-state index in [4.69, 9.17) is 21.4 Å². The zero-order valence-corrected chi connectivity index (χ0v) is 12.9. The Morgan fingerprint density at radius 1 is 1.45 bits per heavy atom. The van der Waals surface area contributed by atoms with Crippen LogP contribution in [0.3, 0.4) is 0 Å². The van der Waals surface area contributed by atoms with Gasteiger partial charge in [-0.05, 0) is 19.1 Å². The number of hydrogen-bond donors (Lipinski definition) is 1. The number of ether oxygens (including phenoxy) is 1. The molecule has 3 heterocycles. The average molecular weight is 313 g/mol. The second-order valence-corrected chi connectivity index (χ2v) is 6.23. The van der Waals surface area contributed by atoms with Crippen LogP contribution in [0.25, 0.3) is 0 Å². The maximum atomic E-state index is 5.56. The van der Waals surface area contributed by atoms with Gasteiger partial charge in [0.15, 0.2) is 6.67 Å². The Hall–Kier alpha value is -1.09. The lowest BCUT2D eigenvalue weighted by atomic mass is 10.3. The Kier molecular flexibility index (Phi) is 4.25. The van der Waals surface area contributed by atoms with Crippen LogP contribution in [0.2, 0.25) is 0 Å². The second kappa shape index (κ2) is 6.13. The quantitative estimate of drug-likeness (QED) is 0.830. The third kappa shape index (κ3) is 3.32. The number of morpholine rings is 1. The molecule has 0 saturated carbocycles. The molecule has 2 aromatic heterocycles. The van der Waals surface area contributed by atoms with Gasteiger partial charge in [-0.2, -0.15) is 4.68 Å². The molecule has 108 valence electrons. The molecule has 6 nitrogen and oxygen atoms in total. The van der Waals surface area contributed by atoms with E-state index >= 15 is 0 Å². The Labute approximate surface area is 126 Å². The van der Waals surface area contributed by atoms with E-state index < -0.39 is 0 Å². The molecule has 0 aromatic carbocycles. The molecule has 1 aliphatic rings. The molecule has 2 aromatic rings. The summed E-state index contributed by atoms with van der Waals surface area (Å²) in [6.07, 6.45) is 0.597. The molecule has 0 bridgehead atoms. The first-order valence-electron chi connectivity index (χ1n) is 6.60. The minimum Gasteiger partial charge on any atom is -0.413 e. The van der Waals surface area contributed by atoms with E-state index in [0.29, 0.717) is 17.1 Å². The molecule has 0 spiro atoms. The highest BCUT2D eigenvalue weighted by Crippen LogP contribution is 2.12. The molecule has 8 heteroatoms. The smallest absolute Gasteiger partial charge is 0.291 e. The molecule has 0 radical (unpaired) electrons. The number of quaternary nitrogens is 1. The maximum Gasteiger partial charge on any atom is 0.291 e. The van der Waals surface area contributed by atoms with Crippen molar-refractivity contribution in [2.24, 2.45) is 0 Å². The van der Waals surface area contributed by atoms with E-state index in [1.807, 2.05) is 12.3 Å². The number of nitrogens with zero attached hydrogens (tertiary/aromatic N) is 3. The zero-order valence-electron chi connectivity index (χ0n) is 11.3. The van der Waals surface area contributed by atoms with E-state index in [2.05, 4.69) is 10.1 Å². The van der Waals surface area contributed by atoms with Gasteiger partial charge in [0.25, 0.3) is 4.84 Å². The minimum absolute atomic E-state index is 0.436. The van der Waals surface area contributed by atoms with Crippen LogP contribution in [-0.2, 0) is 17.8 Å². The van der Waals surface area contributed by atoms with Gasteiger partial charge in [0.05, 0.1) is 30.3 Å². The predicted molar refractivity (Wildman–Crippen MR) is 76.5 cm³/mol. The summed E-state index contributed by atoms with van der Waals surface area (Å²) in [6.45, 7) is 6.29. The number of thiazole rings is 1. The van der Waals surface area contributed by atoms with Crippen molar-refractivity contribution in [1.29, 1.82) is 0 Å². The van der Waals surface area contributed by atoms with E-state index in [1.165, 1.54) is 4.90 Å². The molecule has 0 aliphatic carbocycles. The molecular formula is C12H17N4O2S2+. The van der Waals surface area contributed by atoms with E-state index in [0.717, 1.165) is 43.7 Å². The lowest BCUT2D eigenvalue weighted by Crippen LogP contribution is -3.13. The Morgan fingerprint density at radius 2 is 2.25 bits per heavy atom. The third-order valence-corrected chi connectivity index (χ3v) is 4.34. The van der Waals surface area contributed by atoms with Crippen LogP contribution in [0.4, 0.5) is 0 Å². The largest absolute Gasteiger partial charge is 0.413 e. The highest BCUT2D eigenvalue weighted by atomic mass is 32.1. The van der Waals surface area contributed by atoms with Crippen molar-refractivity contribution in [2.45, 2.75) is 20.0 Å². The summed E-state index contributed by atoms with van der Waals surface area (Å²) in [7, 11) is 0. The number of aryl methyl sites for hydroxylation is 1. The normalized spacial score (nSPS) is 16.6. The summed E-state index contributed by atoms with van der Waals surface area (Å²) in [5, 5.41) is 7.54. The molecule has 20 heavy (non-hydrogen) atoms. The lowest BCUT2D eigenvalue weighted by molar-refractivity contribution is -0.931. The minimum atomic E-state index is 0.436. The van der Waals surface area contributed by atoms with Gasteiger partial charge in [0.1, 0.15) is 13.1 Å². The summed E-state index contributed by atoms with van der Waals surface area (Å²) >= 11 is 6.87. The van der Waals surface area contributed by atoms with Gasteiger partial charge < -0.3 is 14.1 Å². The number of rotatable bonds is 4. The van der Waals surface area contributed by atoms with Crippen molar-refractivity contribution in [3.05, 3.63) is 26.8 Å². The number of aromatic nitrogens is 3. The highest BCUT2D eigenvalue weighted by molar-refractivity contribution is 7.71. The fraction of sp³-hybridized carbons (Fsp3) is 0.583. The van der Waals surface area contributed by atoms with Crippen LogP contribution < -0.4 is 4.90 Å². The van der Waals surface area contributed by atoms with Crippen LogP contribution in [0.5, 0.6) is 0 Å². The van der Waals surface area contributed by atoms with Gasteiger partial charge in [0, 0.05) is 5.38 Å². The lowest BCUT2D eigenvalue weighted by Gasteiger charge is -2.22. The Morgan fingerprint density at radius 3 is 2.95 bits per heavy atom. The van der Waals surface area contributed by atoms with Crippen LogP contribution >= 0.6 is 23.6 Å². The first-order valence-corrected chi connectivity index (χ1v) is 7.88. The number of nitrogens with one attached hydrogen (secondary N) is 1. The Balaban J connectivity index is 1.68. The third-order valence-electron chi connectivity index (χ3n) is 3.22. The molecule has 1 saturated heterocycles. The highest BCUT2D eigenvalue weighted by Gasteiger charge is 2.17. The van der Waals surface area contributed by atoms with Gasteiger partial charge >= 0.3 is 0 Å². The molecule has 1 aliphatic heterocycles. The van der Waals surface area contributed by atoms with Crippen molar-refractivity contribution in [3.63, 3.8) is 0 Å². The maximum absolute atomic E-state index is 5.56. The first kappa shape index (κ1) is 13.9. The SMILES string of the molecule is Cc1nc(Cc2nn(C[NH+]3CCOCC3)c(=S)o2)cs1. The summed E-state index contributed by atoms with van der Waals surface area (Å²) < 4.78 is 12.7. The van der Waals surface area contributed by atoms with Gasteiger partial charge in [-0.3, -0.25) is 0 Å². The van der Waals surface area contributed by atoms with Crippen LogP contribution in [0.1, 0.15) is 16.6 Å². The summed E-state index contributed by atoms with van der Waals surface area (Å²) in [5.41, 5.74) is 0.981. The topological polar surface area (TPSA) is 57.5 Å². The van der Waals surface area contributed by atoms with Crippen LogP contribution in [0, 0.1) is 11.8 Å². The van der Waals surface area contributed by atoms with Gasteiger partial charge in [-0.25, -0.2) is 4.98 Å². The standard InChI is InChI=1S/C12H16N4O2S2/c1-9-13-10(7-20-9)6-11-14-16(12(19)18-11)8-15-2-4-17-5-3-15/h7H,2-6,8H2,1H3/p+1. The van der Waals surface area contributed by atoms with Crippen molar-refractivity contribution >= 4 is 23.6 Å². The predicted octanol–water partition coefficient (Wildman–Crippen LogP) is 0.434. The molecule has 0 atom stereocenters. The van der Waals surface area contributed by atoms with Crippen molar-refractivity contribution < 1.29 is 14.1 Å². The van der Waals surface area contributed by atoms with Crippen molar-refractivity contribution in [2.75, 3.05) is 26.3 Å². The Bertz CT molecular complexity index is 627. The molecule has 3 rings (SSSR count). The van der Waals surface area contributed by atoms with Gasteiger partial charge in [-0.1, -0.05) is 0 Å². The monoisotopic (exact) mass is 313 g/mol. The van der Waals surface area contributed by atoms with E-state index in [-0.39, 0.29) is 0 Å². The summed E-state index contributed by atoms with van der Waals surface area (Å²) in [4.78, 5) is 6.26. The summed E-state index contributed by atoms with van der Waals surface area (Å²) in [5.74, 6) is 0.632. The van der Waals surface area contributed by atoms with Crippen LogP contribution in [-0.4, -0.2) is 41.1 Å². The van der Waals surface area contributed by atoms with Crippen molar-refractivity contribution in [3.8, 4) is 0 Å². The van der Waals surface area contributed by atoms with Gasteiger partial charge in [0.2, 0.25) is 5.89 Å². The average Bonchev–Trinajstić information content (AvgIpc) is 2.98. The molecular weight excluding hydrogens is 296 g/mol. The molecule has 1 N–H and O–H groups in total. The fourth-order valence-corrected chi connectivity index (χ4v) is 3.01. The fourth-order valence-electron chi connectivity index (χ4n) is 2.20. The zero-order chi connectivity index (χ0) is 13.9. The second-order valence-electron chi connectivity index (χ2n) is 4.82. The summed E-state index contributed by atoms with van der Waals surface area (Å²) in [6, 6.07) is 0. The first-order chi connectivity index (χ1) is 9.70. The van der Waals surface area contributed by atoms with E-state index in [1.54, 1.807) is 16.0 Å².